The van der Waals surface area contributed by atoms with Gasteiger partial charge in [0.1, 0.15) is 5.75 Å². The average molecular weight is 373 g/mol. The summed E-state index contributed by atoms with van der Waals surface area (Å²) < 4.78 is 17.8. The molecule has 1 saturated heterocycles. The summed E-state index contributed by atoms with van der Waals surface area (Å²) in [5, 5.41) is 0. The molecular formula is C23H32O4. The van der Waals surface area contributed by atoms with Crippen LogP contribution in [0.25, 0.3) is 0 Å². The van der Waals surface area contributed by atoms with Crippen molar-refractivity contribution in [3.8, 4) is 5.75 Å². The molecule has 0 aromatic heterocycles. The predicted octanol–water partition coefficient (Wildman–Crippen LogP) is 5.27. The Hall–Kier alpha value is -1.39. The maximum atomic E-state index is 11.1. The van der Waals surface area contributed by atoms with Crippen molar-refractivity contribution in [3.05, 3.63) is 29.8 Å². The van der Waals surface area contributed by atoms with Crippen LogP contribution >= 0.6 is 0 Å². The predicted molar refractivity (Wildman–Crippen MR) is 103 cm³/mol. The molecule has 1 aromatic rings. The van der Waals surface area contributed by atoms with Gasteiger partial charge in [-0.1, -0.05) is 39.3 Å². The largest absolute Gasteiger partial charge is 0.427 e. The van der Waals surface area contributed by atoms with Gasteiger partial charge in [0, 0.05) is 18.4 Å². The molecule has 5 atom stereocenters. The van der Waals surface area contributed by atoms with Crippen molar-refractivity contribution in [2.45, 2.75) is 72.2 Å². The standard InChI is InChI=1S/C23H32O4/c1-15(24)26-17-8-6-16(7-9-17)21-25-14-18-19(27-21)10-11-20-22(2,3)12-5-13-23(18,20)4/h6-9,18-21H,5,10-14H2,1-4H3/t18-,19+,20?,21-,23+/m0/s1. The lowest BCUT2D eigenvalue weighted by molar-refractivity contribution is -0.285. The first-order valence-corrected chi connectivity index (χ1v) is 10.3. The van der Waals surface area contributed by atoms with E-state index in [0.29, 0.717) is 22.5 Å². The van der Waals surface area contributed by atoms with E-state index in [1.165, 1.54) is 32.6 Å². The van der Waals surface area contributed by atoms with Crippen molar-refractivity contribution in [1.29, 1.82) is 0 Å². The van der Waals surface area contributed by atoms with Crippen LogP contribution in [-0.2, 0) is 14.3 Å². The summed E-state index contributed by atoms with van der Waals surface area (Å²) >= 11 is 0. The van der Waals surface area contributed by atoms with Crippen molar-refractivity contribution in [3.63, 3.8) is 0 Å². The molecule has 3 fully saturated rings. The van der Waals surface area contributed by atoms with Gasteiger partial charge in [0.15, 0.2) is 6.29 Å². The number of esters is 1. The maximum Gasteiger partial charge on any atom is 0.308 e. The monoisotopic (exact) mass is 372 g/mol. The quantitative estimate of drug-likeness (QED) is 0.524. The fraction of sp³-hybridized carbons (Fsp3) is 0.696. The van der Waals surface area contributed by atoms with Crippen LogP contribution in [0.3, 0.4) is 0 Å². The third kappa shape index (κ3) is 3.42. The van der Waals surface area contributed by atoms with E-state index in [1.807, 2.05) is 12.1 Å². The number of rotatable bonds is 2. The highest BCUT2D eigenvalue weighted by molar-refractivity contribution is 5.69. The molecule has 0 amide bonds. The highest BCUT2D eigenvalue weighted by Crippen LogP contribution is 2.61. The Balaban J connectivity index is 1.48. The van der Waals surface area contributed by atoms with Crippen LogP contribution in [0.4, 0.5) is 0 Å². The van der Waals surface area contributed by atoms with Crippen LogP contribution in [0, 0.1) is 22.7 Å². The third-order valence-electron chi connectivity index (χ3n) is 7.45. The van der Waals surface area contributed by atoms with Gasteiger partial charge in [-0.25, -0.2) is 0 Å². The lowest BCUT2D eigenvalue weighted by Crippen LogP contribution is -2.56. The molecule has 1 unspecified atom stereocenters. The Morgan fingerprint density at radius 1 is 1.11 bits per heavy atom. The second-order valence-corrected chi connectivity index (χ2v) is 9.59. The number of hydrogen-bond donors (Lipinski definition) is 0. The zero-order valence-corrected chi connectivity index (χ0v) is 17.0. The van der Waals surface area contributed by atoms with Crippen LogP contribution in [0.5, 0.6) is 5.75 Å². The van der Waals surface area contributed by atoms with Gasteiger partial charge in [-0.05, 0) is 54.6 Å². The summed E-state index contributed by atoms with van der Waals surface area (Å²) in [6.45, 7) is 9.56. The fourth-order valence-corrected chi connectivity index (χ4v) is 6.17. The highest BCUT2D eigenvalue weighted by atomic mass is 16.7. The number of carbonyl (C=O) groups excluding carboxylic acids is 1. The molecule has 4 nitrogen and oxygen atoms in total. The molecule has 1 aliphatic heterocycles. The molecule has 148 valence electrons. The Morgan fingerprint density at radius 3 is 2.56 bits per heavy atom. The van der Waals surface area contributed by atoms with E-state index in [4.69, 9.17) is 14.2 Å². The van der Waals surface area contributed by atoms with Gasteiger partial charge in [-0.2, -0.15) is 0 Å². The molecule has 1 heterocycles. The Kier molecular flexibility index (Phi) is 4.84. The van der Waals surface area contributed by atoms with Crippen molar-refractivity contribution in [2.24, 2.45) is 22.7 Å². The molecule has 3 aliphatic rings. The summed E-state index contributed by atoms with van der Waals surface area (Å²) in [5.41, 5.74) is 1.72. The van der Waals surface area contributed by atoms with Crippen molar-refractivity contribution < 1.29 is 19.0 Å². The number of carbonyl (C=O) groups is 1. The van der Waals surface area contributed by atoms with Crippen LogP contribution < -0.4 is 4.74 Å². The van der Waals surface area contributed by atoms with E-state index < -0.39 is 0 Å². The Bertz CT molecular complexity index is 695. The van der Waals surface area contributed by atoms with Gasteiger partial charge in [0.25, 0.3) is 0 Å². The molecule has 1 aromatic carbocycles. The van der Waals surface area contributed by atoms with Gasteiger partial charge in [-0.15, -0.1) is 0 Å². The highest BCUT2D eigenvalue weighted by Gasteiger charge is 2.56. The Labute approximate surface area is 162 Å². The summed E-state index contributed by atoms with van der Waals surface area (Å²) in [6, 6.07) is 7.47. The van der Waals surface area contributed by atoms with E-state index in [-0.39, 0.29) is 18.4 Å². The van der Waals surface area contributed by atoms with Gasteiger partial charge in [-0.3, -0.25) is 4.79 Å². The lowest BCUT2D eigenvalue weighted by atomic mass is 9.48. The topological polar surface area (TPSA) is 44.8 Å². The van der Waals surface area contributed by atoms with Crippen molar-refractivity contribution >= 4 is 5.97 Å². The molecular weight excluding hydrogens is 340 g/mol. The molecule has 27 heavy (non-hydrogen) atoms. The van der Waals surface area contributed by atoms with Crippen molar-refractivity contribution in [1.82, 2.24) is 0 Å². The lowest BCUT2D eigenvalue weighted by Gasteiger charge is -2.60. The molecule has 0 spiro atoms. The summed E-state index contributed by atoms with van der Waals surface area (Å²) in [7, 11) is 0. The van der Waals surface area contributed by atoms with E-state index in [0.717, 1.165) is 24.5 Å². The van der Waals surface area contributed by atoms with Crippen LogP contribution in [-0.4, -0.2) is 18.7 Å². The van der Waals surface area contributed by atoms with E-state index >= 15 is 0 Å². The average Bonchev–Trinajstić information content (AvgIpc) is 2.61. The molecule has 2 saturated carbocycles. The number of fused-ring (bicyclic) bond motifs is 3. The first kappa shape index (κ1) is 18.9. The van der Waals surface area contributed by atoms with E-state index in [9.17, 15) is 4.79 Å². The summed E-state index contributed by atoms with van der Waals surface area (Å²) in [4.78, 5) is 11.1. The number of ether oxygens (including phenoxy) is 3. The van der Waals surface area contributed by atoms with Gasteiger partial charge in [0.2, 0.25) is 0 Å². The smallest absolute Gasteiger partial charge is 0.308 e. The second kappa shape index (κ2) is 6.89. The molecule has 2 aliphatic carbocycles. The fourth-order valence-electron chi connectivity index (χ4n) is 6.17. The van der Waals surface area contributed by atoms with Crippen molar-refractivity contribution in [2.75, 3.05) is 6.61 Å². The zero-order chi connectivity index (χ0) is 19.2. The SMILES string of the molecule is CC(=O)Oc1ccc([C@H]2OC[C@H]3[C@@H](CCC4C(C)(C)CCC[C@@]43C)O2)cc1. The van der Waals surface area contributed by atoms with Gasteiger partial charge < -0.3 is 14.2 Å². The molecule has 0 bridgehead atoms. The maximum absolute atomic E-state index is 11.1. The van der Waals surface area contributed by atoms with Crippen LogP contribution in [0.2, 0.25) is 0 Å². The van der Waals surface area contributed by atoms with Crippen LogP contribution in [0.1, 0.15) is 71.7 Å². The minimum absolute atomic E-state index is 0.270. The molecule has 0 N–H and O–H groups in total. The first-order valence-electron chi connectivity index (χ1n) is 10.3. The molecule has 0 radical (unpaired) electrons. The number of benzene rings is 1. The third-order valence-corrected chi connectivity index (χ3v) is 7.45. The summed E-state index contributed by atoms with van der Waals surface area (Å²) in [6.07, 6.45) is 6.26. The van der Waals surface area contributed by atoms with Crippen LogP contribution in [0.15, 0.2) is 24.3 Å². The van der Waals surface area contributed by atoms with E-state index in [2.05, 4.69) is 20.8 Å². The first-order chi connectivity index (χ1) is 12.8. The second-order valence-electron chi connectivity index (χ2n) is 9.59. The molecule has 4 rings (SSSR count). The number of hydrogen-bond acceptors (Lipinski definition) is 4. The molecule has 4 heteroatoms. The minimum Gasteiger partial charge on any atom is -0.427 e. The normalized spacial score (nSPS) is 37.8. The zero-order valence-electron chi connectivity index (χ0n) is 17.0. The minimum atomic E-state index is -0.325. The van der Waals surface area contributed by atoms with E-state index in [1.54, 1.807) is 12.1 Å². The Morgan fingerprint density at radius 2 is 1.85 bits per heavy atom. The summed E-state index contributed by atoms with van der Waals surface area (Å²) in [5.74, 6) is 1.48. The van der Waals surface area contributed by atoms with Gasteiger partial charge >= 0.3 is 5.97 Å². The van der Waals surface area contributed by atoms with Gasteiger partial charge in [0.05, 0.1) is 12.7 Å².